The van der Waals surface area contributed by atoms with Crippen molar-refractivity contribution in [2.45, 2.75) is 45.2 Å². The number of halogens is 3. The summed E-state index contributed by atoms with van der Waals surface area (Å²) in [7, 11) is 0. The van der Waals surface area contributed by atoms with E-state index in [1.807, 2.05) is 13.8 Å². The average molecular weight is 379 g/mol. The number of carbonyl (C=O) groups is 2. The van der Waals surface area contributed by atoms with Crippen molar-refractivity contribution < 1.29 is 14.3 Å². The van der Waals surface area contributed by atoms with Crippen LogP contribution in [0.5, 0.6) is 0 Å². The fourth-order valence-corrected chi connectivity index (χ4v) is 3.58. The predicted octanol–water partition coefficient (Wildman–Crippen LogP) is 4.59. The molecule has 0 radical (unpaired) electrons. The highest BCUT2D eigenvalue weighted by molar-refractivity contribution is 6.46. The Kier molecular flexibility index (Phi) is 6.18. The first-order valence-electron chi connectivity index (χ1n) is 7.44. The van der Waals surface area contributed by atoms with Crippen molar-refractivity contribution in [3.63, 3.8) is 0 Å². The molecule has 1 aromatic rings. The molecule has 2 unspecified atom stereocenters. The van der Waals surface area contributed by atoms with Crippen LogP contribution in [-0.4, -0.2) is 35.5 Å². The lowest BCUT2D eigenvalue weighted by atomic mass is 9.97. The minimum Gasteiger partial charge on any atom is -0.452 e. The van der Waals surface area contributed by atoms with Gasteiger partial charge >= 0.3 is 5.97 Å². The predicted molar refractivity (Wildman–Crippen MR) is 91.4 cm³/mol. The van der Waals surface area contributed by atoms with E-state index in [0.717, 1.165) is 19.3 Å². The second-order valence-electron chi connectivity index (χ2n) is 5.72. The maximum atomic E-state index is 12.3. The summed E-state index contributed by atoms with van der Waals surface area (Å²) in [6, 6.07) is 3.24. The molecule has 0 bridgehead atoms. The number of ether oxygens (including phenoxy) is 1. The number of hydrogen-bond acceptors (Lipinski definition) is 3. The van der Waals surface area contributed by atoms with Crippen LogP contribution in [0.4, 0.5) is 0 Å². The molecule has 1 heterocycles. The van der Waals surface area contributed by atoms with E-state index in [4.69, 9.17) is 39.5 Å². The molecule has 1 aliphatic heterocycles. The summed E-state index contributed by atoms with van der Waals surface area (Å²) >= 11 is 17.8. The van der Waals surface area contributed by atoms with E-state index in [-0.39, 0.29) is 45.2 Å². The van der Waals surface area contributed by atoms with Crippen molar-refractivity contribution in [1.82, 2.24) is 4.90 Å². The Morgan fingerprint density at radius 2 is 1.70 bits per heavy atom. The molecule has 1 aromatic carbocycles. The summed E-state index contributed by atoms with van der Waals surface area (Å²) in [6.45, 7) is 3.66. The van der Waals surface area contributed by atoms with Gasteiger partial charge in [0.2, 0.25) is 0 Å². The number of hydrogen-bond donors (Lipinski definition) is 0. The Morgan fingerprint density at radius 1 is 1.13 bits per heavy atom. The molecule has 0 aliphatic carbocycles. The van der Waals surface area contributed by atoms with Crippen LogP contribution in [-0.2, 0) is 9.53 Å². The Balaban J connectivity index is 2.05. The molecule has 2 rings (SSSR count). The van der Waals surface area contributed by atoms with Crippen LogP contribution in [0.2, 0.25) is 15.1 Å². The normalized spacial score (nSPS) is 21.2. The lowest BCUT2D eigenvalue weighted by Gasteiger charge is -2.38. The molecule has 1 saturated heterocycles. The van der Waals surface area contributed by atoms with Gasteiger partial charge in [-0.15, -0.1) is 0 Å². The first-order valence-corrected chi connectivity index (χ1v) is 8.58. The van der Waals surface area contributed by atoms with Gasteiger partial charge in [0, 0.05) is 12.1 Å². The number of piperidine rings is 1. The zero-order valence-corrected chi connectivity index (χ0v) is 15.2. The molecule has 1 amide bonds. The van der Waals surface area contributed by atoms with Gasteiger partial charge in [-0.2, -0.15) is 0 Å². The van der Waals surface area contributed by atoms with Crippen molar-refractivity contribution in [1.29, 1.82) is 0 Å². The Labute approximate surface area is 150 Å². The van der Waals surface area contributed by atoms with E-state index in [0.29, 0.717) is 0 Å². The lowest BCUT2D eigenvalue weighted by Crippen LogP contribution is -2.49. The summed E-state index contributed by atoms with van der Waals surface area (Å²) in [5.41, 5.74) is -0.0200. The average Bonchev–Trinajstić information content (AvgIpc) is 2.49. The van der Waals surface area contributed by atoms with Crippen LogP contribution < -0.4 is 0 Å². The van der Waals surface area contributed by atoms with Crippen LogP contribution in [0.25, 0.3) is 0 Å². The Hall–Kier alpha value is -0.970. The van der Waals surface area contributed by atoms with Gasteiger partial charge in [0.05, 0.1) is 20.6 Å². The number of benzene rings is 1. The third-order valence-corrected chi connectivity index (χ3v) is 5.18. The van der Waals surface area contributed by atoms with Gasteiger partial charge in [-0.25, -0.2) is 4.79 Å². The zero-order valence-electron chi connectivity index (χ0n) is 12.9. The molecule has 0 spiro atoms. The molecule has 4 nitrogen and oxygen atoms in total. The lowest BCUT2D eigenvalue weighted by molar-refractivity contribution is -0.140. The minimum atomic E-state index is -0.756. The molecule has 0 aromatic heterocycles. The van der Waals surface area contributed by atoms with Crippen LogP contribution in [0.3, 0.4) is 0 Å². The first kappa shape index (κ1) is 18.4. The van der Waals surface area contributed by atoms with Crippen LogP contribution in [0.1, 0.15) is 43.5 Å². The smallest absolute Gasteiger partial charge is 0.341 e. The monoisotopic (exact) mass is 377 g/mol. The van der Waals surface area contributed by atoms with E-state index >= 15 is 0 Å². The summed E-state index contributed by atoms with van der Waals surface area (Å²) in [6.07, 6.45) is 3.01. The second kappa shape index (κ2) is 7.73. The maximum Gasteiger partial charge on any atom is 0.341 e. The topological polar surface area (TPSA) is 46.6 Å². The van der Waals surface area contributed by atoms with Gasteiger partial charge in [-0.3, -0.25) is 4.79 Å². The van der Waals surface area contributed by atoms with Gasteiger partial charge in [-0.05, 0) is 45.2 Å². The van der Waals surface area contributed by atoms with Gasteiger partial charge in [0.15, 0.2) is 6.61 Å². The highest BCUT2D eigenvalue weighted by Gasteiger charge is 2.30. The number of likely N-dealkylation sites (tertiary alicyclic amines) is 1. The fraction of sp³-hybridized carbons (Fsp3) is 0.500. The van der Waals surface area contributed by atoms with Crippen molar-refractivity contribution in [2.24, 2.45) is 0 Å². The van der Waals surface area contributed by atoms with E-state index in [2.05, 4.69) is 0 Å². The van der Waals surface area contributed by atoms with E-state index in [9.17, 15) is 9.59 Å². The van der Waals surface area contributed by atoms with Gasteiger partial charge < -0.3 is 9.64 Å². The molecule has 1 aliphatic rings. The third kappa shape index (κ3) is 4.11. The molecule has 7 heteroatoms. The van der Waals surface area contributed by atoms with Crippen molar-refractivity contribution in [3.8, 4) is 0 Å². The summed E-state index contributed by atoms with van der Waals surface area (Å²) in [5.74, 6) is -0.972. The zero-order chi connectivity index (χ0) is 17.1. The third-order valence-electron chi connectivity index (χ3n) is 4.06. The molecule has 2 atom stereocenters. The van der Waals surface area contributed by atoms with E-state index in [1.165, 1.54) is 12.1 Å². The van der Waals surface area contributed by atoms with Gasteiger partial charge in [-0.1, -0.05) is 34.8 Å². The van der Waals surface area contributed by atoms with E-state index in [1.54, 1.807) is 4.90 Å². The fourth-order valence-electron chi connectivity index (χ4n) is 2.90. The SMILES string of the molecule is CC1CCCC(C)N1C(=O)COC(=O)c1c(Cl)ccc(Cl)c1Cl. The Bertz CT molecular complexity index is 611. The second-order valence-corrected chi connectivity index (χ2v) is 6.92. The summed E-state index contributed by atoms with van der Waals surface area (Å²) in [4.78, 5) is 26.3. The quantitative estimate of drug-likeness (QED) is 0.571. The molecule has 126 valence electrons. The van der Waals surface area contributed by atoms with Crippen LogP contribution in [0.15, 0.2) is 12.1 Å². The van der Waals surface area contributed by atoms with Crippen LogP contribution >= 0.6 is 34.8 Å². The number of amides is 1. The summed E-state index contributed by atoms with van der Waals surface area (Å²) in [5, 5.41) is 0.362. The van der Waals surface area contributed by atoms with E-state index < -0.39 is 5.97 Å². The first-order chi connectivity index (χ1) is 10.8. The highest BCUT2D eigenvalue weighted by Crippen LogP contribution is 2.32. The molecule has 0 N–H and O–H groups in total. The van der Waals surface area contributed by atoms with Crippen LogP contribution in [0, 0.1) is 0 Å². The van der Waals surface area contributed by atoms with Gasteiger partial charge in [0.1, 0.15) is 0 Å². The number of rotatable bonds is 3. The number of carbonyl (C=O) groups excluding carboxylic acids is 2. The summed E-state index contributed by atoms with van der Waals surface area (Å²) < 4.78 is 5.10. The number of esters is 1. The molecular formula is C16H18Cl3NO3. The molecule has 0 saturated carbocycles. The molecular weight excluding hydrogens is 361 g/mol. The largest absolute Gasteiger partial charge is 0.452 e. The minimum absolute atomic E-state index is 0.0200. The molecule has 23 heavy (non-hydrogen) atoms. The van der Waals surface area contributed by atoms with Crippen molar-refractivity contribution in [3.05, 3.63) is 32.8 Å². The van der Waals surface area contributed by atoms with Crippen molar-refractivity contribution in [2.75, 3.05) is 6.61 Å². The Morgan fingerprint density at radius 3 is 2.30 bits per heavy atom. The molecule has 1 fully saturated rings. The maximum absolute atomic E-state index is 12.3. The van der Waals surface area contributed by atoms with Gasteiger partial charge in [0.25, 0.3) is 5.91 Å². The standard InChI is InChI=1S/C16H18Cl3NO3/c1-9-4-3-5-10(2)20(9)13(21)8-23-16(22)14-11(17)6-7-12(18)15(14)19/h6-7,9-10H,3-5,8H2,1-2H3. The number of nitrogens with zero attached hydrogens (tertiary/aromatic N) is 1. The highest BCUT2D eigenvalue weighted by atomic mass is 35.5. The van der Waals surface area contributed by atoms with Crippen molar-refractivity contribution >= 4 is 46.7 Å².